The third kappa shape index (κ3) is 3.39. The Kier molecular flexibility index (Phi) is 5.93. The summed E-state index contributed by atoms with van der Waals surface area (Å²) < 4.78 is 4.05. The Hall–Kier alpha value is 0.120. The Bertz CT molecular complexity index is 532. The first kappa shape index (κ1) is 17.5. The number of hydrogen-bond donors (Lipinski definition) is 0. The molecule has 0 bridgehead atoms. The minimum atomic E-state index is -0.313. The van der Waals surface area contributed by atoms with E-state index in [4.69, 9.17) is 0 Å². The van der Waals surface area contributed by atoms with E-state index in [1.807, 2.05) is 6.92 Å². The number of aromatic nitrogens is 2. The highest BCUT2D eigenvalue weighted by molar-refractivity contribution is 9.14. The third-order valence-electron chi connectivity index (χ3n) is 4.37. The van der Waals surface area contributed by atoms with Gasteiger partial charge >= 0.3 is 0 Å². The molecule has 4 nitrogen and oxygen atoms in total. The van der Waals surface area contributed by atoms with Crippen LogP contribution >= 0.6 is 47.8 Å². The lowest BCUT2D eigenvalue weighted by Crippen LogP contribution is -2.42. The molecule has 3 atom stereocenters. The van der Waals surface area contributed by atoms with Gasteiger partial charge in [-0.3, -0.25) is 4.79 Å². The molecule has 2 heterocycles. The predicted molar refractivity (Wildman–Crippen MR) is 94.2 cm³/mol. The van der Waals surface area contributed by atoms with Crippen molar-refractivity contribution in [2.75, 3.05) is 6.54 Å². The molecule has 0 aliphatic carbocycles. The monoisotopic (exact) mass is 483 g/mol. The predicted octanol–water partition coefficient (Wildman–Crippen LogP) is 4.77. The molecule has 1 amide bonds. The van der Waals surface area contributed by atoms with Gasteiger partial charge in [0.25, 0.3) is 0 Å². The lowest BCUT2D eigenvalue weighted by atomic mass is 9.97. The zero-order valence-electron chi connectivity index (χ0n) is 12.4. The molecular formula is C14H20Br3N3O. The van der Waals surface area contributed by atoms with Crippen LogP contribution in [0.25, 0.3) is 0 Å². The second-order valence-corrected chi connectivity index (χ2v) is 7.94. The number of rotatable bonds is 4. The number of amides is 1. The Labute approximate surface area is 151 Å². The molecule has 1 saturated heterocycles. The second kappa shape index (κ2) is 7.13. The van der Waals surface area contributed by atoms with Gasteiger partial charge in [0, 0.05) is 12.6 Å². The van der Waals surface area contributed by atoms with Crippen LogP contribution in [0.3, 0.4) is 0 Å². The van der Waals surface area contributed by atoms with Gasteiger partial charge in [-0.05, 0) is 73.5 Å². The average Bonchev–Trinajstić information content (AvgIpc) is 3.06. The molecule has 1 aliphatic rings. The van der Waals surface area contributed by atoms with Crippen molar-refractivity contribution in [3.63, 3.8) is 0 Å². The van der Waals surface area contributed by atoms with E-state index in [0.29, 0.717) is 16.6 Å². The van der Waals surface area contributed by atoms with Crippen molar-refractivity contribution in [1.29, 1.82) is 0 Å². The molecule has 0 aromatic carbocycles. The molecule has 0 saturated carbocycles. The maximum Gasteiger partial charge on any atom is 0.247 e. The molecule has 1 aliphatic heterocycles. The van der Waals surface area contributed by atoms with E-state index in [-0.39, 0.29) is 11.9 Å². The van der Waals surface area contributed by atoms with Crippen LogP contribution in [0, 0.1) is 5.92 Å². The molecular weight excluding hydrogens is 466 g/mol. The van der Waals surface area contributed by atoms with Gasteiger partial charge in [-0.15, -0.1) is 0 Å². The summed E-state index contributed by atoms with van der Waals surface area (Å²) >= 11 is 10.3. The van der Waals surface area contributed by atoms with Crippen LogP contribution < -0.4 is 0 Å². The van der Waals surface area contributed by atoms with Crippen molar-refractivity contribution >= 4 is 53.7 Å². The number of carbonyl (C=O) groups excluding carboxylic acids is 1. The lowest BCUT2D eigenvalue weighted by molar-refractivity contribution is -0.136. The van der Waals surface area contributed by atoms with Crippen molar-refractivity contribution in [3.8, 4) is 0 Å². The maximum atomic E-state index is 12.9. The SMILES string of the molecule is CCC(C)C1CCCN1C(=O)C(C)n1nc(Br)c(Br)c1Br. The first-order valence-corrected chi connectivity index (χ1v) is 9.65. The molecule has 7 heteroatoms. The summed E-state index contributed by atoms with van der Waals surface area (Å²) in [6.07, 6.45) is 3.31. The molecule has 21 heavy (non-hydrogen) atoms. The molecule has 1 fully saturated rings. The Balaban J connectivity index is 2.20. The molecule has 3 unspecified atom stereocenters. The topological polar surface area (TPSA) is 38.1 Å². The largest absolute Gasteiger partial charge is 0.338 e. The molecule has 1 aromatic rings. The molecule has 2 rings (SSSR count). The number of halogens is 3. The highest BCUT2D eigenvalue weighted by atomic mass is 79.9. The summed E-state index contributed by atoms with van der Waals surface area (Å²) in [7, 11) is 0. The van der Waals surface area contributed by atoms with E-state index in [0.717, 1.165) is 34.9 Å². The van der Waals surface area contributed by atoms with Gasteiger partial charge in [-0.2, -0.15) is 5.10 Å². The number of carbonyl (C=O) groups is 1. The highest BCUT2D eigenvalue weighted by Gasteiger charge is 2.35. The van der Waals surface area contributed by atoms with Gasteiger partial charge in [0.1, 0.15) is 15.2 Å². The van der Waals surface area contributed by atoms with Crippen molar-refractivity contribution in [1.82, 2.24) is 14.7 Å². The molecule has 118 valence electrons. The summed E-state index contributed by atoms with van der Waals surface area (Å²) in [6.45, 7) is 7.19. The van der Waals surface area contributed by atoms with Crippen LogP contribution in [-0.4, -0.2) is 33.2 Å². The third-order valence-corrected chi connectivity index (χ3v) is 7.50. The van der Waals surface area contributed by atoms with Gasteiger partial charge < -0.3 is 4.90 Å². The zero-order valence-corrected chi connectivity index (χ0v) is 17.2. The van der Waals surface area contributed by atoms with E-state index < -0.39 is 0 Å². The maximum absolute atomic E-state index is 12.9. The minimum absolute atomic E-state index is 0.154. The zero-order chi connectivity index (χ0) is 15.7. The highest BCUT2D eigenvalue weighted by Crippen LogP contribution is 2.34. The van der Waals surface area contributed by atoms with Gasteiger partial charge in [0.15, 0.2) is 0 Å². The Morgan fingerprint density at radius 3 is 2.57 bits per heavy atom. The molecule has 0 spiro atoms. The van der Waals surface area contributed by atoms with Gasteiger partial charge in [0.05, 0.1) is 4.47 Å². The van der Waals surface area contributed by atoms with Crippen molar-refractivity contribution in [2.24, 2.45) is 5.92 Å². The van der Waals surface area contributed by atoms with E-state index in [9.17, 15) is 4.79 Å². The standard InChI is InChI=1S/C14H20Br3N3O/c1-4-8(2)10-6-5-7-19(10)14(21)9(3)20-13(17)11(15)12(16)18-20/h8-10H,4-7H2,1-3H3. The van der Waals surface area contributed by atoms with Gasteiger partial charge in [0.2, 0.25) is 5.91 Å². The molecule has 1 aromatic heterocycles. The number of nitrogens with zero attached hydrogens (tertiary/aromatic N) is 3. The van der Waals surface area contributed by atoms with Gasteiger partial charge in [-0.25, -0.2) is 4.68 Å². The fourth-order valence-electron chi connectivity index (χ4n) is 2.90. The Morgan fingerprint density at radius 2 is 2.05 bits per heavy atom. The number of likely N-dealkylation sites (tertiary alicyclic amines) is 1. The lowest BCUT2D eigenvalue weighted by Gasteiger charge is -2.31. The van der Waals surface area contributed by atoms with E-state index in [2.05, 4.69) is 71.6 Å². The van der Waals surface area contributed by atoms with Gasteiger partial charge in [-0.1, -0.05) is 20.3 Å². The smallest absolute Gasteiger partial charge is 0.247 e. The summed E-state index contributed by atoms with van der Waals surface area (Å²) in [5.41, 5.74) is 0. The van der Waals surface area contributed by atoms with Crippen LogP contribution in [0.2, 0.25) is 0 Å². The quantitative estimate of drug-likeness (QED) is 0.616. The first-order chi connectivity index (χ1) is 9.88. The minimum Gasteiger partial charge on any atom is -0.338 e. The summed E-state index contributed by atoms with van der Waals surface area (Å²) in [6, 6.07) is 0.0535. The number of hydrogen-bond acceptors (Lipinski definition) is 2. The van der Waals surface area contributed by atoms with E-state index in [1.54, 1.807) is 4.68 Å². The summed E-state index contributed by atoms with van der Waals surface area (Å²) in [5.74, 6) is 0.698. The summed E-state index contributed by atoms with van der Waals surface area (Å²) in [4.78, 5) is 14.9. The first-order valence-electron chi connectivity index (χ1n) is 7.27. The Morgan fingerprint density at radius 1 is 1.38 bits per heavy atom. The van der Waals surface area contributed by atoms with Crippen LogP contribution in [-0.2, 0) is 4.79 Å². The van der Waals surface area contributed by atoms with Crippen molar-refractivity contribution in [2.45, 2.75) is 52.1 Å². The second-order valence-electron chi connectivity index (χ2n) is 5.64. The van der Waals surface area contributed by atoms with E-state index in [1.165, 1.54) is 0 Å². The van der Waals surface area contributed by atoms with Crippen molar-refractivity contribution in [3.05, 3.63) is 13.7 Å². The normalized spacial score (nSPS) is 21.6. The molecule has 0 N–H and O–H groups in total. The average molecular weight is 486 g/mol. The van der Waals surface area contributed by atoms with Crippen LogP contribution in [0.1, 0.15) is 46.1 Å². The fourth-order valence-corrected chi connectivity index (χ4v) is 4.36. The molecule has 0 radical (unpaired) electrons. The van der Waals surface area contributed by atoms with Crippen LogP contribution in [0.4, 0.5) is 0 Å². The van der Waals surface area contributed by atoms with Crippen LogP contribution in [0.5, 0.6) is 0 Å². The summed E-state index contributed by atoms with van der Waals surface area (Å²) in [5, 5.41) is 4.38. The fraction of sp³-hybridized carbons (Fsp3) is 0.714. The van der Waals surface area contributed by atoms with Crippen LogP contribution in [0.15, 0.2) is 13.7 Å². The van der Waals surface area contributed by atoms with Crippen molar-refractivity contribution < 1.29 is 4.79 Å². The van der Waals surface area contributed by atoms with E-state index >= 15 is 0 Å².